The Morgan fingerprint density at radius 1 is 1.15 bits per heavy atom. The van der Waals surface area contributed by atoms with Gasteiger partial charge in [-0.1, -0.05) is 29.0 Å². The number of methoxy groups -OCH3 is 1. The number of amides is 1. The molecule has 0 saturated carbocycles. The van der Waals surface area contributed by atoms with E-state index in [2.05, 4.69) is 15.5 Å². The highest BCUT2D eigenvalue weighted by molar-refractivity contribution is 7.18. The molecule has 8 heteroatoms. The topological polar surface area (TPSA) is 73.3 Å². The van der Waals surface area contributed by atoms with Gasteiger partial charge in [-0.2, -0.15) is 0 Å². The van der Waals surface area contributed by atoms with Crippen LogP contribution in [-0.2, 0) is 4.79 Å². The number of nitrogens with zero attached hydrogens (tertiary/aromatic N) is 2. The number of rotatable bonds is 6. The van der Waals surface area contributed by atoms with E-state index in [-0.39, 0.29) is 5.91 Å². The van der Waals surface area contributed by atoms with Gasteiger partial charge in [-0.3, -0.25) is 10.1 Å². The minimum Gasteiger partial charge on any atom is -0.497 e. The molecule has 1 amide bonds. The van der Waals surface area contributed by atoms with Gasteiger partial charge in [0.1, 0.15) is 16.5 Å². The van der Waals surface area contributed by atoms with Crippen LogP contribution < -0.4 is 14.8 Å². The van der Waals surface area contributed by atoms with Crippen LogP contribution in [0, 0.1) is 0 Å². The fourth-order valence-corrected chi connectivity index (χ4v) is 3.06. The number of benzene rings is 2. The lowest BCUT2D eigenvalue weighted by atomic mass is 10.2. The largest absolute Gasteiger partial charge is 0.497 e. The molecular formula is C18H16ClN3O3S. The smallest absolute Gasteiger partial charge is 0.266 e. The maximum absolute atomic E-state index is 12.3. The summed E-state index contributed by atoms with van der Waals surface area (Å²) in [7, 11) is 1.61. The molecule has 3 aromatic rings. The maximum atomic E-state index is 12.3. The SMILES string of the molecule is COc1ccc(-c2nnc(NC(=O)[C@@H](C)Oc3cccc(Cl)c3)s2)cc1. The van der Waals surface area contributed by atoms with Crippen LogP contribution in [0.3, 0.4) is 0 Å². The Morgan fingerprint density at radius 3 is 2.62 bits per heavy atom. The molecule has 6 nitrogen and oxygen atoms in total. The fraction of sp³-hybridized carbons (Fsp3) is 0.167. The van der Waals surface area contributed by atoms with Crippen LogP contribution in [0.4, 0.5) is 5.13 Å². The van der Waals surface area contributed by atoms with Crippen molar-refractivity contribution in [3.63, 3.8) is 0 Å². The number of ether oxygens (including phenoxy) is 2. The Balaban J connectivity index is 1.63. The molecule has 1 N–H and O–H groups in total. The fourth-order valence-electron chi connectivity index (χ4n) is 2.13. The van der Waals surface area contributed by atoms with Crippen LogP contribution in [0.2, 0.25) is 5.02 Å². The Hall–Kier alpha value is -2.64. The molecule has 0 aliphatic carbocycles. The number of carbonyl (C=O) groups excluding carboxylic acids is 1. The van der Waals surface area contributed by atoms with Crippen LogP contribution in [0.15, 0.2) is 48.5 Å². The van der Waals surface area contributed by atoms with Crippen molar-refractivity contribution in [2.75, 3.05) is 12.4 Å². The molecule has 26 heavy (non-hydrogen) atoms. The van der Waals surface area contributed by atoms with Gasteiger partial charge < -0.3 is 9.47 Å². The maximum Gasteiger partial charge on any atom is 0.266 e. The van der Waals surface area contributed by atoms with E-state index in [1.807, 2.05) is 24.3 Å². The third kappa shape index (κ3) is 4.50. The van der Waals surface area contributed by atoms with E-state index >= 15 is 0 Å². The zero-order valence-electron chi connectivity index (χ0n) is 14.1. The normalized spacial score (nSPS) is 11.7. The molecule has 1 heterocycles. The van der Waals surface area contributed by atoms with Gasteiger partial charge in [0, 0.05) is 10.6 Å². The summed E-state index contributed by atoms with van der Waals surface area (Å²) in [5.74, 6) is 0.970. The second-order valence-corrected chi connectivity index (χ2v) is 6.76. The molecule has 0 aliphatic heterocycles. The Bertz CT molecular complexity index is 899. The van der Waals surface area contributed by atoms with Gasteiger partial charge in [-0.25, -0.2) is 0 Å². The molecule has 134 valence electrons. The third-order valence-corrected chi connectivity index (χ3v) is 4.59. The summed E-state index contributed by atoms with van der Waals surface area (Å²) < 4.78 is 10.7. The lowest BCUT2D eigenvalue weighted by Gasteiger charge is -2.13. The average Bonchev–Trinajstić information content (AvgIpc) is 3.10. The van der Waals surface area contributed by atoms with E-state index in [9.17, 15) is 4.79 Å². The first-order valence-corrected chi connectivity index (χ1v) is 8.95. The van der Waals surface area contributed by atoms with Crippen LogP contribution in [0.5, 0.6) is 11.5 Å². The summed E-state index contributed by atoms with van der Waals surface area (Å²) in [6.07, 6.45) is -0.707. The lowest BCUT2D eigenvalue weighted by Crippen LogP contribution is -2.30. The number of anilines is 1. The van der Waals surface area contributed by atoms with Crippen molar-refractivity contribution in [1.29, 1.82) is 0 Å². The van der Waals surface area contributed by atoms with Gasteiger partial charge in [-0.05, 0) is 49.4 Å². The monoisotopic (exact) mass is 389 g/mol. The van der Waals surface area contributed by atoms with Crippen molar-refractivity contribution >= 4 is 34.0 Å². The van der Waals surface area contributed by atoms with E-state index in [0.29, 0.717) is 20.9 Å². The summed E-state index contributed by atoms with van der Waals surface area (Å²) in [4.78, 5) is 12.3. The van der Waals surface area contributed by atoms with E-state index in [1.165, 1.54) is 11.3 Å². The Morgan fingerprint density at radius 2 is 1.92 bits per heavy atom. The zero-order valence-corrected chi connectivity index (χ0v) is 15.7. The standard InChI is InChI=1S/C18H16ClN3O3S/c1-11(25-15-5-3-4-13(19)10-15)16(23)20-18-22-21-17(26-18)12-6-8-14(24-2)9-7-12/h3-11H,1-2H3,(H,20,22,23)/t11-/m1/s1. The highest BCUT2D eigenvalue weighted by Crippen LogP contribution is 2.28. The van der Waals surface area contributed by atoms with Crippen molar-refractivity contribution in [3.05, 3.63) is 53.6 Å². The Labute approximate surface area is 159 Å². The number of halogens is 1. The van der Waals surface area contributed by atoms with E-state index < -0.39 is 6.10 Å². The first-order chi connectivity index (χ1) is 12.5. The van der Waals surface area contributed by atoms with Crippen LogP contribution in [0.1, 0.15) is 6.92 Å². The predicted molar refractivity (Wildman–Crippen MR) is 102 cm³/mol. The Kier molecular flexibility index (Phi) is 5.70. The van der Waals surface area contributed by atoms with Gasteiger partial charge in [0.05, 0.1) is 7.11 Å². The molecule has 0 spiro atoms. The van der Waals surface area contributed by atoms with Crippen molar-refractivity contribution in [3.8, 4) is 22.1 Å². The first-order valence-electron chi connectivity index (χ1n) is 7.76. The van der Waals surface area contributed by atoms with Crippen molar-refractivity contribution in [1.82, 2.24) is 10.2 Å². The molecular weight excluding hydrogens is 374 g/mol. The van der Waals surface area contributed by atoms with Crippen molar-refractivity contribution in [2.24, 2.45) is 0 Å². The molecule has 0 unspecified atom stereocenters. The van der Waals surface area contributed by atoms with E-state index in [0.717, 1.165) is 11.3 Å². The number of nitrogens with one attached hydrogen (secondary N) is 1. The molecule has 0 bridgehead atoms. The summed E-state index contributed by atoms with van der Waals surface area (Å²) >= 11 is 7.19. The van der Waals surface area contributed by atoms with E-state index in [4.69, 9.17) is 21.1 Å². The number of carbonyl (C=O) groups is 1. The first kappa shape index (κ1) is 18.2. The van der Waals surface area contributed by atoms with Gasteiger partial charge in [0.2, 0.25) is 5.13 Å². The second kappa shape index (κ2) is 8.16. The predicted octanol–water partition coefficient (Wildman–Crippen LogP) is 4.27. The highest BCUT2D eigenvalue weighted by atomic mass is 35.5. The zero-order chi connectivity index (χ0) is 18.5. The van der Waals surface area contributed by atoms with E-state index in [1.54, 1.807) is 38.3 Å². The van der Waals surface area contributed by atoms with Crippen molar-refractivity contribution < 1.29 is 14.3 Å². The molecule has 0 radical (unpaired) electrons. The highest BCUT2D eigenvalue weighted by Gasteiger charge is 2.17. The second-order valence-electron chi connectivity index (χ2n) is 5.35. The number of hydrogen-bond acceptors (Lipinski definition) is 6. The third-order valence-electron chi connectivity index (χ3n) is 3.47. The van der Waals surface area contributed by atoms with Crippen molar-refractivity contribution in [2.45, 2.75) is 13.0 Å². The molecule has 0 aliphatic rings. The minimum atomic E-state index is -0.707. The molecule has 0 saturated heterocycles. The van der Waals surface area contributed by atoms with Crippen LogP contribution >= 0.6 is 22.9 Å². The van der Waals surface area contributed by atoms with Gasteiger partial charge >= 0.3 is 0 Å². The molecule has 1 aromatic heterocycles. The molecule has 3 rings (SSSR count). The van der Waals surface area contributed by atoms with Gasteiger partial charge in [0.15, 0.2) is 6.10 Å². The summed E-state index contributed by atoms with van der Waals surface area (Å²) in [6, 6.07) is 14.3. The lowest BCUT2D eigenvalue weighted by molar-refractivity contribution is -0.122. The summed E-state index contributed by atoms with van der Waals surface area (Å²) in [5, 5.41) is 12.5. The van der Waals surface area contributed by atoms with Gasteiger partial charge in [-0.15, -0.1) is 10.2 Å². The average molecular weight is 390 g/mol. The van der Waals surface area contributed by atoms with Crippen LogP contribution in [0.25, 0.3) is 10.6 Å². The number of hydrogen-bond donors (Lipinski definition) is 1. The number of aromatic nitrogens is 2. The molecule has 0 fully saturated rings. The minimum absolute atomic E-state index is 0.317. The van der Waals surface area contributed by atoms with Crippen LogP contribution in [-0.4, -0.2) is 29.3 Å². The summed E-state index contributed by atoms with van der Waals surface area (Å²) in [6.45, 7) is 1.65. The molecule has 2 aromatic carbocycles. The quantitative estimate of drug-likeness (QED) is 0.681. The van der Waals surface area contributed by atoms with Gasteiger partial charge in [0.25, 0.3) is 5.91 Å². The summed E-state index contributed by atoms with van der Waals surface area (Å²) in [5.41, 5.74) is 0.895. The molecule has 1 atom stereocenters.